The minimum Gasteiger partial charge on any atom is -0.506 e. The molecule has 0 aliphatic rings. The van der Waals surface area contributed by atoms with Crippen molar-refractivity contribution in [2.24, 2.45) is 0 Å². The van der Waals surface area contributed by atoms with E-state index in [2.05, 4.69) is 10.6 Å². The maximum absolute atomic E-state index is 12.2. The third kappa shape index (κ3) is 5.34. The maximum Gasteiger partial charge on any atom is 0.338 e. The summed E-state index contributed by atoms with van der Waals surface area (Å²) < 4.78 is 4.89. The lowest BCUT2D eigenvalue weighted by atomic mass is 10.2. The molecule has 138 valence electrons. The van der Waals surface area contributed by atoms with Crippen molar-refractivity contribution in [3.8, 4) is 11.8 Å². The number of carbonyl (C=O) groups excluding carboxylic acids is 2. The van der Waals surface area contributed by atoms with E-state index in [1.807, 2.05) is 6.92 Å². The van der Waals surface area contributed by atoms with Crippen LogP contribution >= 0.6 is 0 Å². The van der Waals surface area contributed by atoms with Crippen molar-refractivity contribution in [1.82, 2.24) is 0 Å². The van der Waals surface area contributed by atoms with Crippen LogP contribution in [0.4, 0.5) is 11.4 Å². The average Bonchev–Trinajstić information content (AvgIpc) is 2.65. The molecule has 0 aromatic heterocycles. The van der Waals surface area contributed by atoms with E-state index in [9.17, 15) is 20.0 Å². The number of carbonyl (C=O) groups is 2. The van der Waals surface area contributed by atoms with Gasteiger partial charge in [0.05, 0.1) is 17.9 Å². The van der Waals surface area contributed by atoms with Gasteiger partial charge in [0.25, 0.3) is 5.91 Å². The largest absolute Gasteiger partial charge is 0.506 e. The van der Waals surface area contributed by atoms with E-state index >= 15 is 0 Å². The number of amides is 1. The van der Waals surface area contributed by atoms with E-state index in [0.29, 0.717) is 16.9 Å². The molecule has 1 amide bonds. The van der Waals surface area contributed by atoms with Crippen LogP contribution in [0.2, 0.25) is 0 Å². The van der Waals surface area contributed by atoms with Gasteiger partial charge in [-0.3, -0.25) is 4.79 Å². The van der Waals surface area contributed by atoms with E-state index in [1.54, 1.807) is 37.3 Å². The minimum absolute atomic E-state index is 0.00380. The van der Waals surface area contributed by atoms with Gasteiger partial charge in [-0.2, -0.15) is 5.26 Å². The fourth-order valence-corrected chi connectivity index (χ4v) is 2.17. The number of nitrogens with one attached hydrogen (secondary N) is 2. The maximum atomic E-state index is 12.2. The highest BCUT2D eigenvalue weighted by Gasteiger charge is 2.11. The highest BCUT2D eigenvalue weighted by molar-refractivity contribution is 6.07. The summed E-state index contributed by atoms with van der Waals surface area (Å²) in [6.07, 6.45) is 1.22. The summed E-state index contributed by atoms with van der Waals surface area (Å²) in [5.74, 6) is -1.07. The summed E-state index contributed by atoms with van der Waals surface area (Å²) in [5.41, 5.74) is 1.91. The normalized spacial score (nSPS) is 10.6. The van der Waals surface area contributed by atoms with E-state index in [1.165, 1.54) is 24.4 Å². The van der Waals surface area contributed by atoms with Crippen LogP contribution in [0, 0.1) is 18.3 Å². The molecule has 0 atom stereocenters. The molecule has 0 spiro atoms. The van der Waals surface area contributed by atoms with Crippen LogP contribution in [0.5, 0.6) is 5.75 Å². The summed E-state index contributed by atoms with van der Waals surface area (Å²) in [5, 5.41) is 24.3. The Hall–Kier alpha value is -3.79. The van der Waals surface area contributed by atoms with Crippen LogP contribution in [-0.2, 0) is 9.53 Å². The lowest BCUT2D eigenvalue weighted by Crippen LogP contribution is -2.14. The molecule has 0 aliphatic carbocycles. The Kier molecular flexibility index (Phi) is 6.55. The van der Waals surface area contributed by atoms with Crippen molar-refractivity contribution in [1.29, 1.82) is 5.26 Å². The number of rotatable bonds is 6. The summed E-state index contributed by atoms with van der Waals surface area (Å²) >= 11 is 0. The average molecular weight is 365 g/mol. The lowest BCUT2D eigenvalue weighted by Gasteiger charge is -2.08. The molecule has 2 aromatic carbocycles. The molecule has 7 nitrogen and oxygen atoms in total. The first-order valence-corrected chi connectivity index (χ1v) is 8.19. The zero-order valence-electron chi connectivity index (χ0n) is 14.9. The molecular formula is C20H19N3O4. The number of ether oxygens (including phenoxy) is 1. The highest BCUT2D eigenvalue weighted by Crippen LogP contribution is 2.24. The third-order valence-corrected chi connectivity index (χ3v) is 3.54. The van der Waals surface area contributed by atoms with Crippen molar-refractivity contribution in [2.45, 2.75) is 13.8 Å². The van der Waals surface area contributed by atoms with Crippen LogP contribution in [-0.4, -0.2) is 23.6 Å². The molecule has 7 heteroatoms. The number of anilines is 2. The number of esters is 1. The molecule has 27 heavy (non-hydrogen) atoms. The first-order valence-electron chi connectivity index (χ1n) is 8.19. The molecule has 3 N–H and O–H groups in total. The van der Waals surface area contributed by atoms with Crippen LogP contribution in [0.1, 0.15) is 22.8 Å². The van der Waals surface area contributed by atoms with Crippen molar-refractivity contribution in [2.75, 3.05) is 17.2 Å². The minimum atomic E-state index is -0.624. The van der Waals surface area contributed by atoms with Gasteiger partial charge in [0.15, 0.2) is 0 Å². The summed E-state index contributed by atoms with van der Waals surface area (Å²) in [4.78, 5) is 23.9. The molecule has 0 unspecified atom stereocenters. The number of aryl methyl sites for hydroxylation is 1. The Morgan fingerprint density at radius 1 is 1.22 bits per heavy atom. The number of benzene rings is 2. The Balaban J connectivity index is 2.07. The second kappa shape index (κ2) is 9.06. The van der Waals surface area contributed by atoms with Crippen LogP contribution < -0.4 is 10.6 Å². The van der Waals surface area contributed by atoms with E-state index < -0.39 is 11.9 Å². The summed E-state index contributed by atoms with van der Waals surface area (Å²) in [6, 6.07) is 12.9. The van der Waals surface area contributed by atoms with Crippen LogP contribution in [0.3, 0.4) is 0 Å². The second-order valence-corrected chi connectivity index (χ2v) is 5.59. The molecule has 0 aliphatic heterocycles. The van der Waals surface area contributed by atoms with Gasteiger partial charge >= 0.3 is 5.97 Å². The van der Waals surface area contributed by atoms with Gasteiger partial charge in [-0.1, -0.05) is 6.07 Å². The van der Waals surface area contributed by atoms with Gasteiger partial charge < -0.3 is 20.5 Å². The fraction of sp³-hybridized carbons (Fsp3) is 0.150. The van der Waals surface area contributed by atoms with E-state index in [4.69, 9.17) is 4.74 Å². The SMILES string of the molecule is CCOC(=O)c1ccc(NC(=O)/C(C#N)=C\Nc2cc(C)ccc2O)cc1. The van der Waals surface area contributed by atoms with Crippen LogP contribution in [0.15, 0.2) is 54.2 Å². The zero-order valence-corrected chi connectivity index (χ0v) is 14.9. The number of phenols is 1. The Morgan fingerprint density at radius 2 is 1.93 bits per heavy atom. The Morgan fingerprint density at radius 3 is 2.56 bits per heavy atom. The standard InChI is InChI=1S/C20H19N3O4/c1-3-27-20(26)14-5-7-16(8-6-14)23-19(25)15(11-21)12-22-17-10-13(2)4-9-18(17)24/h4-10,12,22,24H,3H2,1-2H3,(H,23,25)/b15-12-. The predicted octanol–water partition coefficient (Wildman–Crippen LogP) is 3.34. The molecule has 0 radical (unpaired) electrons. The number of aromatic hydroxyl groups is 1. The monoisotopic (exact) mass is 365 g/mol. The van der Waals surface area contributed by atoms with Gasteiger partial charge in [0.2, 0.25) is 0 Å². The van der Waals surface area contributed by atoms with E-state index in [-0.39, 0.29) is 17.9 Å². The number of hydrogen-bond acceptors (Lipinski definition) is 6. The van der Waals surface area contributed by atoms with E-state index in [0.717, 1.165) is 5.56 Å². The molecule has 2 aromatic rings. The molecular weight excluding hydrogens is 346 g/mol. The first-order chi connectivity index (χ1) is 12.9. The quantitative estimate of drug-likeness (QED) is 0.313. The Labute approximate surface area is 156 Å². The molecule has 0 bridgehead atoms. The van der Waals surface area contributed by atoms with Crippen molar-refractivity contribution in [3.63, 3.8) is 0 Å². The molecule has 0 heterocycles. The summed E-state index contributed by atoms with van der Waals surface area (Å²) in [7, 11) is 0. The molecule has 0 fully saturated rings. The number of hydrogen-bond donors (Lipinski definition) is 3. The van der Waals surface area contributed by atoms with Gasteiger partial charge in [-0.15, -0.1) is 0 Å². The van der Waals surface area contributed by atoms with Gasteiger partial charge in [-0.25, -0.2) is 4.79 Å². The van der Waals surface area contributed by atoms with Gasteiger partial charge in [0, 0.05) is 11.9 Å². The predicted molar refractivity (Wildman–Crippen MR) is 101 cm³/mol. The highest BCUT2D eigenvalue weighted by atomic mass is 16.5. The topological polar surface area (TPSA) is 111 Å². The second-order valence-electron chi connectivity index (χ2n) is 5.59. The van der Waals surface area contributed by atoms with Crippen molar-refractivity contribution >= 4 is 23.3 Å². The van der Waals surface area contributed by atoms with Crippen molar-refractivity contribution in [3.05, 3.63) is 65.4 Å². The lowest BCUT2D eigenvalue weighted by molar-refractivity contribution is -0.112. The summed E-state index contributed by atoms with van der Waals surface area (Å²) in [6.45, 7) is 3.84. The van der Waals surface area contributed by atoms with Gasteiger partial charge in [-0.05, 0) is 55.8 Å². The van der Waals surface area contributed by atoms with Crippen LogP contribution in [0.25, 0.3) is 0 Å². The number of nitrogens with zero attached hydrogens (tertiary/aromatic N) is 1. The molecule has 2 rings (SSSR count). The molecule has 0 saturated heterocycles. The third-order valence-electron chi connectivity index (χ3n) is 3.54. The Bertz CT molecular complexity index is 912. The number of nitriles is 1. The smallest absolute Gasteiger partial charge is 0.338 e. The number of phenolic OH excluding ortho intramolecular Hbond substituents is 1. The fourth-order valence-electron chi connectivity index (χ4n) is 2.17. The van der Waals surface area contributed by atoms with Gasteiger partial charge in [0.1, 0.15) is 17.4 Å². The zero-order chi connectivity index (χ0) is 19.8. The van der Waals surface area contributed by atoms with Crippen molar-refractivity contribution < 1.29 is 19.4 Å². The molecule has 0 saturated carbocycles. The first kappa shape index (κ1) is 19.5.